The summed E-state index contributed by atoms with van der Waals surface area (Å²) in [6.07, 6.45) is 8.34. The summed E-state index contributed by atoms with van der Waals surface area (Å²) in [5.41, 5.74) is 2.64. The van der Waals surface area contributed by atoms with Crippen LogP contribution < -0.4 is 0 Å². The predicted molar refractivity (Wildman–Crippen MR) is 62.5 cm³/mol. The van der Waals surface area contributed by atoms with E-state index in [-0.39, 0.29) is 0 Å². The molecule has 0 saturated heterocycles. The molecule has 17 heavy (non-hydrogen) atoms. The minimum Gasteiger partial charge on any atom is -0.478 e. The number of hydrogen-bond acceptors (Lipinski definition) is 3. The van der Waals surface area contributed by atoms with Gasteiger partial charge in [-0.05, 0) is 18.9 Å². The van der Waals surface area contributed by atoms with E-state index in [0.29, 0.717) is 5.92 Å². The molecule has 3 rings (SSSR count). The van der Waals surface area contributed by atoms with Crippen LogP contribution in [0.4, 0.5) is 0 Å². The molecule has 0 amide bonds. The molecule has 0 radical (unpaired) electrons. The Morgan fingerprint density at radius 1 is 1.47 bits per heavy atom. The first-order valence-corrected chi connectivity index (χ1v) is 5.48. The van der Waals surface area contributed by atoms with Gasteiger partial charge in [-0.25, -0.2) is 14.8 Å². The van der Waals surface area contributed by atoms with E-state index < -0.39 is 5.97 Å². The summed E-state index contributed by atoms with van der Waals surface area (Å²) in [6, 6.07) is 0. The number of aromatic nitrogens is 3. The van der Waals surface area contributed by atoms with Gasteiger partial charge in [-0.3, -0.25) is 0 Å². The van der Waals surface area contributed by atoms with Gasteiger partial charge in [0, 0.05) is 29.1 Å². The van der Waals surface area contributed by atoms with Gasteiger partial charge in [-0.2, -0.15) is 0 Å². The summed E-state index contributed by atoms with van der Waals surface area (Å²) >= 11 is 0. The van der Waals surface area contributed by atoms with Gasteiger partial charge in [-0.15, -0.1) is 0 Å². The molecule has 86 valence electrons. The van der Waals surface area contributed by atoms with Crippen LogP contribution in [0.25, 0.3) is 17.1 Å². The van der Waals surface area contributed by atoms with Crippen molar-refractivity contribution in [2.24, 2.45) is 0 Å². The van der Waals surface area contributed by atoms with E-state index in [0.717, 1.165) is 41.2 Å². The molecule has 0 aliphatic heterocycles. The van der Waals surface area contributed by atoms with Crippen molar-refractivity contribution in [2.75, 3.05) is 0 Å². The first kappa shape index (κ1) is 10.0. The predicted octanol–water partition coefficient (Wildman–Crippen LogP) is 1.93. The number of carboxylic acids is 1. The number of carbonyl (C=O) groups is 1. The molecule has 2 aromatic rings. The van der Waals surface area contributed by atoms with E-state index in [9.17, 15) is 4.79 Å². The van der Waals surface area contributed by atoms with Crippen LogP contribution in [0.3, 0.4) is 0 Å². The zero-order valence-corrected chi connectivity index (χ0v) is 9.05. The number of aromatic amines is 1. The van der Waals surface area contributed by atoms with Crippen molar-refractivity contribution in [2.45, 2.75) is 18.8 Å². The fourth-order valence-electron chi connectivity index (χ4n) is 1.97. The van der Waals surface area contributed by atoms with Crippen molar-refractivity contribution in [3.63, 3.8) is 0 Å². The Morgan fingerprint density at radius 3 is 3.00 bits per heavy atom. The average Bonchev–Trinajstić information content (AvgIpc) is 3.07. The van der Waals surface area contributed by atoms with Crippen molar-refractivity contribution >= 4 is 23.1 Å². The lowest BCUT2D eigenvalue weighted by atomic mass is 10.1. The highest BCUT2D eigenvalue weighted by Crippen LogP contribution is 2.42. The second-order valence-electron chi connectivity index (χ2n) is 4.17. The minimum absolute atomic E-state index is 0.508. The number of nitrogens with zero attached hydrogens (tertiary/aromatic N) is 2. The number of fused-ring (bicyclic) bond motifs is 1. The Kier molecular flexibility index (Phi) is 2.18. The SMILES string of the molecule is O=C(O)/C=C/c1c[nH]c2ncnc(C3CC3)c12. The van der Waals surface area contributed by atoms with Gasteiger partial charge in [-0.1, -0.05) is 0 Å². The van der Waals surface area contributed by atoms with Crippen molar-refractivity contribution in [1.29, 1.82) is 0 Å². The van der Waals surface area contributed by atoms with Crippen LogP contribution in [-0.2, 0) is 4.79 Å². The number of carboxylic acid groups (broad SMARTS) is 1. The van der Waals surface area contributed by atoms with Crippen LogP contribution in [0.15, 0.2) is 18.6 Å². The lowest BCUT2D eigenvalue weighted by molar-refractivity contribution is -0.131. The molecule has 0 aromatic carbocycles. The molecule has 0 bridgehead atoms. The smallest absolute Gasteiger partial charge is 0.328 e. The van der Waals surface area contributed by atoms with E-state index in [4.69, 9.17) is 5.11 Å². The van der Waals surface area contributed by atoms with Gasteiger partial charge >= 0.3 is 5.97 Å². The molecular weight excluding hydrogens is 218 g/mol. The van der Waals surface area contributed by atoms with Crippen molar-refractivity contribution in [3.8, 4) is 0 Å². The van der Waals surface area contributed by atoms with Crippen LogP contribution in [0, 0.1) is 0 Å². The van der Waals surface area contributed by atoms with Crippen LogP contribution >= 0.6 is 0 Å². The topological polar surface area (TPSA) is 78.9 Å². The van der Waals surface area contributed by atoms with E-state index in [1.165, 1.54) is 0 Å². The van der Waals surface area contributed by atoms with E-state index in [2.05, 4.69) is 15.0 Å². The number of aliphatic carboxylic acids is 1. The number of nitrogens with one attached hydrogen (secondary N) is 1. The number of rotatable bonds is 3. The maximum atomic E-state index is 10.5. The van der Waals surface area contributed by atoms with Crippen LogP contribution in [-0.4, -0.2) is 26.0 Å². The second kappa shape index (κ2) is 3.69. The maximum absolute atomic E-state index is 10.5. The lowest BCUT2D eigenvalue weighted by Crippen LogP contribution is -1.91. The first-order chi connectivity index (χ1) is 8.25. The fourth-order valence-corrected chi connectivity index (χ4v) is 1.97. The third-order valence-electron chi connectivity index (χ3n) is 2.90. The van der Waals surface area contributed by atoms with E-state index >= 15 is 0 Å². The summed E-state index contributed by atoms with van der Waals surface area (Å²) in [5, 5.41) is 9.60. The average molecular weight is 229 g/mol. The Balaban J connectivity index is 2.15. The molecular formula is C12H11N3O2. The summed E-state index contributed by atoms with van der Waals surface area (Å²) < 4.78 is 0. The van der Waals surface area contributed by atoms with E-state index in [1.807, 2.05) is 0 Å². The molecule has 2 heterocycles. The van der Waals surface area contributed by atoms with Gasteiger partial charge in [0.1, 0.15) is 12.0 Å². The zero-order chi connectivity index (χ0) is 11.8. The lowest BCUT2D eigenvalue weighted by Gasteiger charge is -1.99. The molecule has 0 unspecified atom stereocenters. The molecule has 2 aromatic heterocycles. The summed E-state index contributed by atoms with van der Waals surface area (Å²) in [5.74, 6) is -0.447. The quantitative estimate of drug-likeness (QED) is 0.788. The Morgan fingerprint density at radius 2 is 2.29 bits per heavy atom. The zero-order valence-electron chi connectivity index (χ0n) is 9.05. The molecule has 1 aliphatic carbocycles. The largest absolute Gasteiger partial charge is 0.478 e. The van der Waals surface area contributed by atoms with Crippen LogP contribution in [0.1, 0.15) is 30.0 Å². The van der Waals surface area contributed by atoms with Gasteiger partial charge in [0.05, 0.1) is 5.69 Å². The monoisotopic (exact) mass is 229 g/mol. The van der Waals surface area contributed by atoms with Gasteiger partial charge in [0.25, 0.3) is 0 Å². The molecule has 0 spiro atoms. The second-order valence-corrected chi connectivity index (χ2v) is 4.17. The summed E-state index contributed by atoms with van der Waals surface area (Å²) in [6.45, 7) is 0. The first-order valence-electron chi connectivity index (χ1n) is 5.48. The molecule has 1 saturated carbocycles. The van der Waals surface area contributed by atoms with E-state index in [1.54, 1.807) is 18.6 Å². The third-order valence-corrected chi connectivity index (χ3v) is 2.90. The highest BCUT2D eigenvalue weighted by Gasteiger charge is 2.28. The fraction of sp³-hybridized carbons (Fsp3) is 0.250. The maximum Gasteiger partial charge on any atom is 0.328 e. The third kappa shape index (κ3) is 1.80. The Hall–Kier alpha value is -2.17. The number of hydrogen-bond donors (Lipinski definition) is 2. The van der Waals surface area contributed by atoms with Crippen molar-refractivity contribution < 1.29 is 9.90 Å². The minimum atomic E-state index is -0.954. The van der Waals surface area contributed by atoms with Crippen LogP contribution in [0.5, 0.6) is 0 Å². The Bertz CT molecular complexity index is 611. The van der Waals surface area contributed by atoms with Gasteiger partial charge < -0.3 is 10.1 Å². The molecule has 5 heteroatoms. The molecule has 5 nitrogen and oxygen atoms in total. The van der Waals surface area contributed by atoms with Crippen molar-refractivity contribution in [1.82, 2.24) is 15.0 Å². The highest BCUT2D eigenvalue weighted by atomic mass is 16.4. The van der Waals surface area contributed by atoms with Gasteiger partial charge in [0.15, 0.2) is 0 Å². The van der Waals surface area contributed by atoms with Crippen LogP contribution in [0.2, 0.25) is 0 Å². The summed E-state index contributed by atoms with van der Waals surface area (Å²) in [7, 11) is 0. The Labute approximate surface area is 97.2 Å². The highest BCUT2D eigenvalue weighted by molar-refractivity contribution is 5.93. The summed E-state index contributed by atoms with van der Waals surface area (Å²) in [4.78, 5) is 22.0. The number of H-pyrrole nitrogens is 1. The standard InChI is InChI=1S/C12H11N3O2/c16-9(17)4-3-8-5-13-12-10(8)11(7-1-2-7)14-6-15-12/h3-7H,1-2H2,(H,16,17)(H,13,14,15)/b4-3+. The normalized spacial score (nSPS) is 15.8. The molecule has 0 atom stereocenters. The molecule has 2 N–H and O–H groups in total. The van der Waals surface area contributed by atoms with Crippen molar-refractivity contribution in [3.05, 3.63) is 29.9 Å². The molecule has 1 fully saturated rings. The van der Waals surface area contributed by atoms with Gasteiger partial charge in [0.2, 0.25) is 0 Å². The molecule has 1 aliphatic rings.